The molecular weight excluding hydrogens is 278 g/mol. The zero-order chi connectivity index (χ0) is 14.3. The van der Waals surface area contributed by atoms with E-state index in [1.54, 1.807) is 0 Å². The van der Waals surface area contributed by atoms with Crippen LogP contribution in [0.1, 0.15) is 11.1 Å². The quantitative estimate of drug-likeness (QED) is 0.754. The topological polar surface area (TPSA) is 43.6 Å². The van der Waals surface area contributed by atoms with Crippen LogP contribution in [0.5, 0.6) is 0 Å². The maximum Gasteiger partial charge on any atom is 0.418 e. The van der Waals surface area contributed by atoms with Gasteiger partial charge in [0.05, 0.1) is 16.8 Å². The zero-order valence-corrected chi connectivity index (χ0v) is 8.79. The molecule has 1 radical (unpaired) electrons. The molecule has 4 nitrogen and oxygen atoms in total. The fraction of sp³-hybridized carbons (Fsp3) is 0.222. The van der Waals surface area contributed by atoms with Gasteiger partial charge in [-0.15, -0.1) is 15.0 Å². The van der Waals surface area contributed by atoms with Gasteiger partial charge in [-0.05, 0) is 23.4 Å². The van der Waals surface area contributed by atoms with E-state index in [0.29, 0.717) is 16.9 Å². The molecule has 0 aliphatic carbocycles. The van der Waals surface area contributed by atoms with Crippen molar-refractivity contribution in [3.8, 4) is 5.69 Å². The van der Waals surface area contributed by atoms with Crippen LogP contribution in [0.4, 0.5) is 26.3 Å². The standard InChI is InChI=1S/C9H3F6N4/c10-8(11,12)5-1-2-7(19-17-4-16-18-19)6(3-5)9(13,14)15/h1-3H. The second kappa shape index (κ2) is 4.21. The largest absolute Gasteiger partial charge is 0.418 e. The maximum atomic E-state index is 12.7. The zero-order valence-electron chi connectivity index (χ0n) is 8.79. The van der Waals surface area contributed by atoms with Gasteiger partial charge in [0.15, 0.2) is 0 Å². The summed E-state index contributed by atoms with van der Waals surface area (Å²) in [5.74, 6) is 0. The number of rotatable bonds is 1. The van der Waals surface area contributed by atoms with Crippen LogP contribution in [0.15, 0.2) is 18.2 Å². The van der Waals surface area contributed by atoms with Crippen LogP contribution >= 0.6 is 0 Å². The summed E-state index contributed by atoms with van der Waals surface area (Å²) in [7, 11) is 0. The summed E-state index contributed by atoms with van der Waals surface area (Å²) in [6.07, 6.45) is -7.94. The Morgan fingerprint density at radius 1 is 1.00 bits per heavy atom. The Morgan fingerprint density at radius 2 is 1.68 bits per heavy atom. The highest BCUT2D eigenvalue weighted by molar-refractivity contribution is 5.44. The fourth-order valence-electron chi connectivity index (χ4n) is 1.36. The number of hydrogen-bond acceptors (Lipinski definition) is 3. The Labute approximate surface area is 101 Å². The first kappa shape index (κ1) is 13.3. The average Bonchev–Trinajstić information content (AvgIpc) is 2.79. The van der Waals surface area contributed by atoms with Gasteiger partial charge in [0.1, 0.15) is 0 Å². The van der Waals surface area contributed by atoms with Gasteiger partial charge in [-0.2, -0.15) is 26.3 Å². The molecule has 0 aliphatic rings. The predicted molar refractivity (Wildman–Crippen MR) is 48.0 cm³/mol. The van der Waals surface area contributed by atoms with E-state index >= 15 is 0 Å². The van der Waals surface area contributed by atoms with Crippen LogP contribution in [0.25, 0.3) is 5.69 Å². The van der Waals surface area contributed by atoms with E-state index < -0.39 is 29.2 Å². The molecule has 0 amide bonds. The van der Waals surface area contributed by atoms with E-state index in [2.05, 4.69) is 15.4 Å². The van der Waals surface area contributed by atoms with E-state index in [-0.39, 0.29) is 6.07 Å². The number of aromatic nitrogens is 4. The van der Waals surface area contributed by atoms with Gasteiger partial charge in [-0.3, -0.25) is 0 Å². The summed E-state index contributed by atoms with van der Waals surface area (Å²) in [5, 5.41) is 9.49. The van der Waals surface area contributed by atoms with Gasteiger partial charge < -0.3 is 0 Å². The van der Waals surface area contributed by atoms with Crippen LogP contribution < -0.4 is 0 Å². The minimum absolute atomic E-state index is 0.00130. The number of hydrogen-bond donors (Lipinski definition) is 0. The molecule has 19 heavy (non-hydrogen) atoms. The molecule has 0 N–H and O–H groups in total. The van der Waals surface area contributed by atoms with Crippen LogP contribution in [-0.4, -0.2) is 20.2 Å². The molecule has 0 unspecified atom stereocenters. The lowest BCUT2D eigenvalue weighted by atomic mass is 10.1. The van der Waals surface area contributed by atoms with Crippen molar-refractivity contribution < 1.29 is 26.3 Å². The summed E-state index contributed by atoms with van der Waals surface area (Å²) in [5.41, 5.74) is -3.57. The summed E-state index contributed by atoms with van der Waals surface area (Å²) in [4.78, 5) is 0.447. The second-order valence-electron chi connectivity index (χ2n) is 3.41. The SMILES string of the molecule is FC(F)(F)c1ccc(-n2n[c]nn2)c(C(F)(F)F)c1. The smallest absolute Gasteiger partial charge is 0.166 e. The van der Waals surface area contributed by atoms with Crippen molar-refractivity contribution in [2.24, 2.45) is 0 Å². The Kier molecular flexibility index (Phi) is 2.95. The Bertz CT molecular complexity index is 571. The highest BCUT2D eigenvalue weighted by atomic mass is 19.4. The molecule has 0 saturated heterocycles. The summed E-state index contributed by atoms with van der Waals surface area (Å²) < 4.78 is 75.4. The van der Waals surface area contributed by atoms with Crippen LogP contribution in [0.2, 0.25) is 0 Å². The van der Waals surface area contributed by atoms with Gasteiger partial charge in [0.25, 0.3) is 0 Å². The van der Waals surface area contributed by atoms with E-state index in [1.807, 2.05) is 6.33 Å². The lowest BCUT2D eigenvalue weighted by Crippen LogP contribution is -2.15. The number of nitrogens with zero attached hydrogens (tertiary/aromatic N) is 4. The number of benzene rings is 1. The molecule has 1 aromatic heterocycles. The minimum Gasteiger partial charge on any atom is -0.166 e. The first-order valence-electron chi connectivity index (χ1n) is 4.64. The number of tetrazole rings is 1. The third-order valence-electron chi connectivity index (χ3n) is 2.16. The van der Waals surface area contributed by atoms with Gasteiger partial charge in [-0.1, -0.05) is 0 Å². The third-order valence-corrected chi connectivity index (χ3v) is 2.16. The Balaban J connectivity index is 2.63. The average molecular weight is 281 g/mol. The molecule has 10 heteroatoms. The predicted octanol–water partition coefficient (Wildman–Crippen LogP) is 2.50. The van der Waals surface area contributed by atoms with Crippen molar-refractivity contribution in [3.05, 3.63) is 35.7 Å². The van der Waals surface area contributed by atoms with E-state index in [9.17, 15) is 26.3 Å². The van der Waals surface area contributed by atoms with Crippen molar-refractivity contribution in [2.45, 2.75) is 12.4 Å². The summed E-state index contributed by atoms with van der Waals surface area (Å²) in [6, 6.07) is 1.13. The second-order valence-corrected chi connectivity index (χ2v) is 3.41. The van der Waals surface area contributed by atoms with E-state index in [0.717, 1.165) is 0 Å². The van der Waals surface area contributed by atoms with Crippen molar-refractivity contribution in [1.82, 2.24) is 20.2 Å². The van der Waals surface area contributed by atoms with Gasteiger partial charge in [-0.25, -0.2) is 0 Å². The highest BCUT2D eigenvalue weighted by Crippen LogP contribution is 2.38. The monoisotopic (exact) mass is 281 g/mol. The lowest BCUT2D eigenvalue weighted by molar-refractivity contribution is -0.143. The molecule has 1 heterocycles. The number of alkyl halides is 6. The first-order chi connectivity index (χ1) is 8.69. The van der Waals surface area contributed by atoms with Crippen molar-refractivity contribution in [1.29, 1.82) is 0 Å². The molecule has 0 atom stereocenters. The van der Waals surface area contributed by atoms with Gasteiger partial charge in [0.2, 0.25) is 6.33 Å². The van der Waals surface area contributed by atoms with E-state index in [4.69, 9.17) is 0 Å². The first-order valence-corrected chi connectivity index (χ1v) is 4.64. The molecular formula is C9H3F6N4. The summed E-state index contributed by atoms with van der Waals surface area (Å²) in [6.45, 7) is 0. The molecule has 101 valence electrons. The summed E-state index contributed by atoms with van der Waals surface area (Å²) >= 11 is 0. The highest BCUT2D eigenvalue weighted by Gasteiger charge is 2.39. The molecule has 0 saturated carbocycles. The molecule has 0 bridgehead atoms. The van der Waals surface area contributed by atoms with Gasteiger partial charge >= 0.3 is 12.4 Å². The minimum atomic E-state index is -4.98. The normalized spacial score (nSPS) is 12.7. The Hall–Kier alpha value is -2.13. The van der Waals surface area contributed by atoms with Crippen molar-refractivity contribution >= 4 is 0 Å². The van der Waals surface area contributed by atoms with Crippen molar-refractivity contribution in [2.75, 3.05) is 0 Å². The van der Waals surface area contributed by atoms with Crippen LogP contribution in [0, 0.1) is 6.33 Å². The van der Waals surface area contributed by atoms with Gasteiger partial charge in [0, 0.05) is 0 Å². The lowest BCUT2D eigenvalue weighted by Gasteiger charge is -2.14. The van der Waals surface area contributed by atoms with Crippen LogP contribution in [0.3, 0.4) is 0 Å². The molecule has 0 spiro atoms. The Morgan fingerprint density at radius 3 is 2.16 bits per heavy atom. The molecule has 0 aliphatic heterocycles. The van der Waals surface area contributed by atoms with Crippen LogP contribution in [-0.2, 0) is 12.4 Å². The molecule has 1 aromatic carbocycles. The molecule has 2 rings (SSSR count). The molecule has 2 aromatic rings. The molecule has 0 fully saturated rings. The maximum absolute atomic E-state index is 12.7. The number of halogens is 6. The third kappa shape index (κ3) is 2.66. The fourth-order valence-corrected chi connectivity index (χ4v) is 1.36. The van der Waals surface area contributed by atoms with E-state index in [1.165, 1.54) is 0 Å². The van der Waals surface area contributed by atoms with Crippen molar-refractivity contribution in [3.63, 3.8) is 0 Å².